The highest BCUT2D eigenvalue weighted by Crippen LogP contribution is 2.28. The molecule has 1 saturated carbocycles. The lowest BCUT2D eigenvalue weighted by atomic mass is 9.88. The number of hydrogen-bond acceptors (Lipinski definition) is 5. The lowest BCUT2D eigenvalue weighted by Crippen LogP contribution is -2.43. The van der Waals surface area contributed by atoms with Crippen molar-refractivity contribution in [3.8, 4) is 5.69 Å². The fraction of sp³-hybridized carbons (Fsp3) is 0.474. The number of benzene rings is 1. The van der Waals surface area contributed by atoms with Crippen molar-refractivity contribution < 1.29 is 0 Å². The van der Waals surface area contributed by atoms with Gasteiger partial charge in [0.25, 0.3) is 0 Å². The quantitative estimate of drug-likeness (QED) is 0.864. The number of aromatic nitrogens is 2. The molecule has 25 heavy (non-hydrogen) atoms. The maximum Gasteiger partial charge on any atom is 0.354 e. The van der Waals surface area contributed by atoms with Gasteiger partial charge in [0.05, 0.1) is 5.69 Å². The minimum Gasteiger partial charge on any atom is -0.383 e. The second-order valence-corrected chi connectivity index (χ2v) is 7.25. The van der Waals surface area contributed by atoms with Gasteiger partial charge in [0.1, 0.15) is 5.82 Å². The molecule has 2 aromatic rings. The van der Waals surface area contributed by atoms with Crippen LogP contribution in [0.25, 0.3) is 5.69 Å². The highest BCUT2D eigenvalue weighted by atomic mass is 16.1. The van der Waals surface area contributed by atoms with E-state index in [1.807, 2.05) is 6.07 Å². The van der Waals surface area contributed by atoms with Crippen molar-refractivity contribution in [3.63, 3.8) is 0 Å². The summed E-state index contributed by atoms with van der Waals surface area (Å²) < 4.78 is 1.55. The molecule has 4 N–H and O–H groups in total. The predicted molar refractivity (Wildman–Crippen MR) is 98.6 cm³/mol. The number of rotatable bonds is 2. The first-order chi connectivity index (χ1) is 12.1. The van der Waals surface area contributed by atoms with Crippen molar-refractivity contribution in [1.82, 2.24) is 14.5 Å². The van der Waals surface area contributed by atoms with Crippen LogP contribution in [0.2, 0.25) is 0 Å². The fourth-order valence-corrected chi connectivity index (χ4v) is 4.10. The Labute approximate surface area is 147 Å². The molecule has 0 unspecified atom stereocenters. The van der Waals surface area contributed by atoms with Crippen LogP contribution in [-0.4, -0.2) is 33.1 Å². The molecule has 4 rings (SSSR count). The van der Waals surface area contributed by atoms with Gasteiger partial charge in [0.2, 0.25) is 0 Å². The molecule has 1 aliphatic heterocycles. The van der Waals surface area contributed by atoms with Crippen LogP contribution in [-0.2, 0) is 13.0 Å². The minimum atomic E-state index is -0.337. The molecule has 2 aliphatic rings. The lowest BCUT2D eigenvalue weighted by Gasteiger charge is -2.39. The van der Waals surface area contributed by atoms with Gasteiger partial charge < -0.3 is 11.5 Å². The van der Waals surface area contributed by atoms with Gasteiger partial charge in [0, 0.05) is 31.4 Å². The average Bonchev–Trinajstić information content (AvgIpc) is 2.61. The van der Waals surface area contributed by atoms with Gasteiger partial charge in [-0.2, -0.15) is 4.98 Å². The summed E-state index contributed by atoms with van der Waals surface area (Å²) in [6.07, 6.45) is 7.40. The molecule has 1 aromatic heterocycles. The Morgan fingerprint density at radius 1 is 1.08 bits per heavy atom. The van der Waals surface area contributed by atoms with E-state index in [0.717, 1.165) is 38.0 Å². The summed E-state index contributed by atoms with van der Waals surface area (Å²) in [6.45, 7) is 2.07. The summed E-state index contributed by atoms with van der Waals surface area (Å²) in [4.78, 5) is 18.5. The maximum absolute atomic E-state index is 12.0. The van der Waals surface area contributed by atoms with Gasteiger partial charge in [-0.25, -0.2) is 4.79 Å². The number of nitrogen functional groups attached to an aromatic ring is 1. The van der Waals surface area contributed by atoms with Crippen molar-refractivity contribution in [3.05, 3.63) is 52.1 Å². The molecule has 0 saturated heterocycles. The van der Waals surface area contributed by atoms with E-state index in [-0.39, 0.29) is 11.5 Å². The van der Waals surface area contributed by atoms with Crippen LogP contribution in [0.4, 0.5) is 5.82 Å². The first kappa shape index (κ1) is 16.3. The molecule has 1 aliphatic carbocycles. The zero-order chi connectivity index (χ0) is 17.4. The summed E-state index contributed by atoms with van der Waals surface area (Å²) in [7, 11) is 0. The molecular formula is C19H25N5O. The number of anilines is 1. The SMILES string of the molecule is Nc1ccn(-c2ccc3c(c2)CCN(C2CCC(N)CC2)C3)c(=O)n1. The fourth-order valence-electron chi connectivity index (χ4n) is 4.10. The second kappa shape index (κ2) is 6.61. The van der Waals surface area contributed by atoms with Crippen LogP contribution in [0.15, 0.2) is 35.3 Å². The Balaban J connectivity index is 1.54. The first-order valence-electron chi connectivity index (χ1n) is 9.07. The van der Waals surface area contributed by atoms with E-state index >= 15 is 0 Å². The normalized spacial score (nSPS) is 24.0. The summed E-state index contributed by atoms with van der Waals surface area (Å²) >= 11 is 0. The molecule has 0 bridgehead atoms. The van der Waals surface area contributed by atoms with Crippen molar-refractivity contribution in [1.29, 1.82) is 0 Å². The van der Waals surface area contributed by atoms with E-state index in [9.17, 15) is 4.79 Å². The molecule has 0 radical (unpaired) electrons. The molecule has 1 fully saturated rings. The van der Waals surface area contributed by atoms with Crippen LogP contribution in [0.5, 0.6) is 0 Å². The zero-order valence-electron chi connectivity index (χ0n) is 14.4. The van der Waals surface area contributed by atoms with Crippen LogP contribution < -0.4 is 17.2 Å². The monoisotopic (exact) mass is 339 g/mol. The Morgan fingerprint density at radius 3 is 2.64 bits per heavy atom. The third-order valence-electron chi connectivity index (χ3n) is 5.59. The third kappa shape index (κ3) is 3.32. The van der Waals surface area contributed by atoms with Crippen LogP contribution >= 0.6 is 0 Å². The topological polar surface area (TPSA) is 90.2 Å². The van der Waals surface area contributed by atoms with Crippen molar-refractivity contribution in [2.45, 2.75) is 50.7 Å². The molecule has 6 heteroatoms. The standard InChI is InChI=1S/C19H25N5O/c20-15-2-5-16(6-3-15)23-9-7-13-11-17(4-1-14(13)12-23)24-10-8-18(21)22-19(24)25/h1,4,8,10-11,15-16H,2-3,5-7,9,12,20H2,(H2,21,22,25). The summed E-state index contributed by atoms with van der Waals surface area (Å²) in [5.74, 6) is 0.252. The van der Waals surface area contributed by atoms with Gasteiger partial charge in [-0.05, 0) is 61.4 Å². The molecule has 2 heterocycles. The van der Waals surface area contributed by atoms with E-state index in [2.05, 4.69) is 22.0 Å². The molecule has 6 nitrogen and oxygen atoms in total. The van der Waals surface area contributed by atoms with Gasteiger partial charge in [-0.3, -0.25) is 9.47 Å². The van der Waals surface area contributed by atoms with Crippen LogP contribution in [0.3, 0.4) is 0 Å². The predicted octanol–water partition coefficient (Wildman–Crippen LogP) is 1.44. The summed E-state index contributed by atoms with van der Waals surface area (Å²) in [5, 5.41) is 0. The molecule has 0 spiro atoms. The van der Waals surface area contributed by atoms with Gasteiger partial charge in [0.15, 0.2) is 0 Å². The van der Waals surface area contributed by atoms with E-state index in [1.165, 1.54) is 24.0 Å². The zero-order valence-corrected chi connectivity index (χ0v) is 14.4. The summed E-state index contributed by atoms with van der Waals surface area (Å²) in [6, 6.07) is 8.96. The first-order valence-corrected chi connectivity index (χ1v) is 9.07. The molecular weight excluding hydrogens is 314 g/mol. The number of nitrogens with two attached hydrogens (primary N) is 2. The minimum absolute atomic E-state index is 0.252. The number of fused-ring (bicyclic) bond motifs is 1. The van der Waals surface area contributed by atoms with E-state index in [1.54, 1.807) is 16.8 Å². The van der Waals surface area contributed by atoms with Gasteiger partial charge >= 0.3 is 5.69 Å². The smallest absolute Gasteiger partial charge is 0.354 e. The van der Waals surface area contributed by atoms with E-state index in [0.29, 0.717) is 12.1 Å². The van der Waals surface area contributed by atoms with Gasteiger partial charge in [-0.1, -0.05) is 6.07 Å². The third-order valence-corrected chi connectivity index (χ3v) is 5.59. The van der Waals surface area contributed by atoms with Crippen molar-refractivity contribution in [2.75, 3.05) is 12.3 Å². The van der Waals surface area contributed by atoms with Crippen LogP contribution in [0.1, 0.15) is 36.8 Å². The molecule has 0 amide bonds. The van der Waals surface area contributed by atoms with Crippen molar-refractivity contribution >= 4 is 5.82 Å². The number of hydrogen-bond donors (Lipinski definition) is 2. The number of nitrogens with zero attached hydrogens (tertiary/aromatic N) is 3. The summed E-state index contributed by atoms with van der Waals surface area (Å²) in [5.41, 5.74) is 14.8. The van der Waals surface area contributed by atoms with E-state index < -0.39 is 0 Å². The highest BCUT2D eigenvalue weighted by molar-refractivity contribution is 5.42. The Bertz CT molecular complexity index is 823. The maximum atomic E-state index is 12.0. The molecule has 1 aromatic carbocycles. The Kier molecular flexibility index (Phi) is 4.31. The molecule has 0 atom stereocenters. The Hall–Kier alpha value is -2.18. The van der Waals surface area contributed by atoms with Crippen molar-refractivity contribution in [2.24, 2.45) is 5.73 Å². The van der Waals surface area contributed by atoms with Crippen LogP contribution in [0, 0.1) is 0 Å². The second-order valence-electron chi connectivity index (χ2n) is 7.25. The largest absolute Gasteiger partial charge is 0.383 e. The van der Waals surface area contributed by atoms with Gasteiger partial charge in [-0.15, -0.1) is 0 Å². The average molecular weight is 339 g/mol. The highest BCUT2D eigenvalue weighted by Gasteiger charge is 2.27. The lowest BCUT2D eigenvalue weighted by molar-refractivity contribution is 0.135. The molecule has 132 valence electrons. The van der Waals surface area contributed by atoms with E-state index in [4.69, 9.17) is 11.5 Å². The Morgan fingerprint density at radius 2 is 1.88 bits per heavy atom.